The van der Waals surface area contributed by atoms with Crippen LogP contribution in [0.15, 0.2) is 18.2 Å². The molecule has 6 nitrogen and oxygen atoms in total. The Morgan fingerprint density at radius 2 is 2.19 bits per heavy atom. The van der Waals surface area contributed by atoms with Crippen molar-refractivity contribution in [3.05, 3.63) is 23.8 Å². The van der Waals surface area contributed by atoms with Crippen molar-refractivity contribution in [2.75, 3.05) is 19.5 Å². The molecule has 0 saturated heterocycles. The Morgan fingerprint density at radius 1 is 1.50 bits per heavy atom. The number of ether oxygens (including phenoxy) is 1. The highest BCUT2D eigenvalue weighted by Gasteiger charge is 2.08. The van der Waals surface area contributed by atoms with Crippen LogP contribution in [0.3, 0.4) is 0 Å². The first-order valence-electron chi connectivity index (χ1n) is 4.59. The summed E-state index contributed by atoms with van der Waals surface area (Å²) in [6.45, 7) is 0. The van der Waals surface area contributed by atoms with Crippen LogP contribution in [0.1, 0.15) is 5.56 Å². The lowest BCUT2D eigenvalue weighted by molar-refractivity contribution is 0.254. The first-order valence-corrected chi connectivity index (χ1v) is 4.59. The average molecular weight is 222 g/mol. The van der Waals surface area contributed by atoms with E-state index in [1.54, 1.807) is 18.2 Å². The van der Waals surface area contributed by atoms with Crippen LogP contribution in [-0.2, 0) is 0 Å². The van der Waals surface area contributed by atoms with Gasteiger partial charge in [-0.1, -0.05) is 0 Å². The number of hydrogen-bond acceptors (Lipinski definition) is 3. The molecule has 0 saturated carbocycles. The van der Waals surface area contributed by atoms with Gasteiger partial charge < -0.3 is 21.1 Å². The Balaban J connectivity index is 3.02. The largest absolute Gasteiger partial charge is 0.495 e. The second kappa shape index (κ2) is 5.01. The number of amides is 2. The van der Waals surface area contributed by atoms with Gasteiger partial charge in [0.25, 0.3) is 0 Å². The first kappa shape index (κ1) is 11.8. The van der Waals surface area contributed by atoms with E-state index in [0.717, 1.165) is 0 Å². The van der Waals surface area contributed by atoms with Crippen molar-refractivity contribution >= 4 is 17.6 Å². The second-order valence-corrected chi connectivity index (χ2v) is 3.03. The number of amidine groups is 1. The van der Waals surface area contributed by atoms with Crippen LogP contribution in [0.2, 0.25) is 0 Å². The Bertz CT molecular complexity index is 417. The fraction of sp³-hybridized carbons (Fsp3) is 0.200. The van der Waals surface area contributed by atoms with E-state index in [2.05, 4.69) is 10.6 Å². The van der Waals surface area contributed by atoms with Crippen molar-refractivity contribution < 1.29 is 9.53 Å². The molecule has 1 aromatic carbocycles. The van der Waals surface area contributed by atoms with Gasteiger partial charge in [-0.25, -0.2) is 4.79 Å². The fourth-order valence-corrected chi connectivity index (χ4v) is 1.15. The van der Waals surface area contributed by atoms with Crippen LogP contribution >= 0.6 is 0 Å². The molecule has 16 heavy (non-hydrogen) atoms. The standard InChI is InChI=1S/C10H14N4O2/c1-13-10(15)14-7-4-3-6(9(11)12)5-8(7)16-2/h3-5H,1-2H3,(H3,11,12)(H2,13,14,15). The number of methoxy groups -OCH3 is 1. The maximum Gasteiger partial charge on any atom is 0.319 e. The number of anilines is 1. The smallest absolute Gasteiger partial charge is 0.319 e. The summed E-state index contributed by atoms with van der Waals surface area (Å²) in [5.41, 5.74) is 6.40. The minimum atomic E-state index is -0.339. The zero-order chi connectivity index (χ0) is 12.1. The lowest BCUT2D eigenvalue weighted by atomic mass is 10.1. The van der Waals surface area contributed by atoms with Crippen molar-refractivity contribution in [2.24, 2.45) is 5.73 Å². The molecule has 6 heteroatoms. The number of rotatable bonds is 3. The lowest BCUT2D eigenvalue weighted by Gasteiger charge is -2.11. The number of carbonyl (C=O) groups is 1. The van der Waals surface area contributed by atoms with E-state index < -0.39 is 0 Å². The molecule has 0 fully saturated rings. The second-order valence-electron chi connectivity index (χ2n) is 3.03. The highest BCUT2D eigenvalue weighted by atomic mass is 16.5. The van der Waals surface area contributed by atoms with Crippen LogP contribution in [-0.4, -0.2) is 26.0 Å². The molecule has 0 spiro atoms. The molecule has 0 aliphatic carbocycles. The third-order valence-electron chi connectivity index (χ3n) is 1.99. The topological polar surface area (TPSA) is 100 Å². The first-order chi connectivity index (χ1) is 7.58. The van der Waals surface area contributed by atoms with Gasteiger partial charge in [0.15, 0.2) is 0 Å². The Kier molecular flexibility index (Phi) is 3.71. The van der Waals surface area contributed by atoms with Crippen LogP contribution < -0.4 is 21.1 Å². The minimum absolute atomic E-state index is 0.0511. The fourth-order valence-electron chi connectivity index (χ4n) is 1.15. The number of carbonyl (C=O) groups excluding carboxylic acids is 1. The number of nitrogens with two attached hydrogens (primary N) is 1. The Morgan fingerprint density at radius 3 is 2.69 bits per heavy atom. The van der Waals surface area contributed by atoms with E-state index in [1.165, 1.54) is 14.2 Å². The van der Waals surface area contributed by atoms with E-state index >= 15 is 0 Å². The number of nitrogens with one attached hydrogen (secondary N) is 3. The van der Waals surface area contributed by atoms with Crippen molar-refractivity contribution in [3.8, 4) is 5.75 Å². The van der Waals surface area contributed by atoms with Gasteiger partial charge in [-0.15, -0.1) is 0 Å². The van der Waals surface area contributed by atoms with E-state index in [4.69, 9.17) is 15.9 Å². The lowest BCUT2D eigenvalue weighted by Crippen LogP contribution is -2.24. The van der Waals surface area contributed by atoms with Crippen molar-refractivity contribution in [1.82, 2.24) is 5.32 Å². The molecule has 2 amide bonds. The molecule has 1 aromatic rings. The summed E-state index contributed by atoms with van der Waals surface area (Å²) in [6.07, 6.45) is 0. The SMILES string of the molecule is CNC(=O)Nc1ccc(C(=N)N)cc1OC. The monoisotopic (exact) mass is 222 g/mol. The van der Waals surface area contributed by atoms with Gasteiger partial charge >= 0.3 is 6.03 Å². The third-order valence-corrected chi connectivity index (χ3v) is 1.99. The summed E-state index contributed by atoms with van der Waals surface area (Å²) in [5, 5.41) is 12.3. The quantitative estimate of drug-likeness (QED) is 0.448. The Hall–Kier alpha value is -2.24. The summed E-state index contributed by atoms with van der Waals surface area (Å²) in [5.74, 6) is 0.404. The van der Waals surface area contributed by atoms with Crippen LogP contribution in [0.25, 0.3) is 0 Å². The maximum atomic E-state index is 11.1. The molecule has 0 aliphatic rings. The molecule has 0 heterocycles. The van der Waals surface area contributed by atoms with Gasteiger partial charge in [-0.3, -0.25) is 5.41 Å². The van der Waals surface area contributed by atoms with Crippen molar-refractivity contribution in [2.45, 2.75) is 0 Å². The van der Waals surface area contributed by atoms with E-state index in [9.17, 15) is 4.79 Å². The van der Waals surface area contributed by atoms with Crippen molar-refractivity contribution in [1.29, 1.82) is 5.41 Å². The summed E-state index contributed by atoms with van der Waals surface area (Å²) >= 11 is 0. The molecule has 0 bridgehead atoms. The number of urea groups is 1. The van der Waals surface area contributed by atoms with E-state index in [1.807, 2.05) is 0 Å². The van der Waals surface area contributed by atoms with Gasteiger partial charge in [0.05, 0.1) is 12.8 Å². The van der Waals surface area contributed by atoms with Gasteiger partial charge in [0, 0.05) is 12.6 Å². The molecule has 0 aliphatic heterocycles. The average Bonchev–Trinajstić information content (AvgIpc) is 2.29. The number of nitrogen functional groups attached to an aromatic ring is 1. The zero-order valence-electron chi connectivity index (χ0n) is 9.13. The molecule has 86 valence electrons. The van der Waals surface area contributed by atoms with Crippen molar-refractivity contribution in [3.63, 3.8) is 0 Å². The zero-order valence-corrected chi connectivity index (χ0v) is 9.13. The normalized spacial score (nSPS) is 9.38. The highest BCUT2D eigenvalue weighted by molar-refractivity contribution is 5.97. The molecule has 0 aromatic heterocycles. The predicted molar refractivity (Wildman–Crippen MR) is 62.1 cm³/mol. The van der Waals surface area contributed by atoms with Gasteiger partial charge in [0.1, 0.15) is 11.6 Å². The van der Waals surface area contributed by atoms with Gasteiger partial charge in [0.2, 0.25) is 0 Å². The molecule has 0 unspecified atom stereocenters. The molecule has 0 atom stereocenters. The molecular weight excluding hydrogens is 208 g/mol. The van der Waals surface area contributed by atoms with E-state index in [-0.39, 0.29) is 11.9 Å². The highest BCUT2D eigenvalue weighted by Crippen LogP contribution is 2.25. The minimum Gasteiger partial charge on any atom is -0.495 e. The third kappa shape index (κ3) is 2.63. The predicted octanol–water partition coefficient (Wildman–Crippen LogP) is 0.731. The summed E-state index contributed by atoms with van der Waals surface area (Å²) in [7, 11) is 3.00. The Labute approximate surface area is 93.3 Å². The van der Waals surface area contributed by atoms with Crippen LogP contribution in [0, 0.1) is 5.41 Å². The molecule has 5 N–H and O–H groups in total. The van der Waals surface area contributed by atoms with Crippen LogP contribution in [0.4, 0.5) is 10.5 Å². The number of benzene rings is 1. The van der Waals surface area contributed by atoms with E-state index in [0.29, 0.717) is 17.0 Å². The van der Waals surface area contributed by atoms with Gasteiger partial charge in [-0.2, -0.15) is 0 Å². The van der Waals surface area contributed by atoms with Crippen LogP contribution in [0.5, 0.6) is 5.75 Å². The summed E-state index contributed by atoms with van der Waals surface area (Å²) < 4.78 is 5.09. The molecular formula is C10H14N4O2. The van der Waals surface area contributed by atoms with Gasteiger partial charge in [-0.05, 0) is 18.2 Å². The summed E-state index contributed by atoms with van der Waals surface area (Å²) in [6, 6.07) is 4.52. The summed E-state index contributed by atoms with van der Waals surface area (Å²) in [4.78, 5) is 11.1. The molecule has 1 rings (SSSR count). The molecule has 0 radical (unpaired) electrons. The maximum absolute atomic E-state index is 11.1. The number of hydrogen-bond donors (Lipinski definition) is 4.